The molecule has 1 aliphatic rings. The number of halogens is 2. The van der Waals surface area contributed by atoms with Gasteiger partial charge in [0.15, 0.2) is 5.69 Å². The lowest BCUT2D eigenvalue weighted by molar-refractivity contribution is -0.141. The Balaban J connectivity index is 1.67. The first-order chi connectivity index (χ1) is 15.0. The third-order valence-electron chi connectivity index (χ3n) is 5.40. The Morgan fingerprint density at radius 3 is 2.65 bits per heavy atom. The molecule has 0 radical (unpaired) electrons. The molecular formula is C23H21ClFN3O3. The number of esters is 1. The van der Waals surface area contributed by atoms with Crippen LogP contribution in [0.3, 0.4) is 0 Å². The Bertz CT molecular complexity index is 1130. The van der Waals surface area contributed by atoms with Crippen LogP contribution >= 0.6 is 11.6 Å². The highest BCUT2D eigenvalue weighted by molar-refractivity contribution is 6.31. The van der Waals surface area contributed by atoms with E-state index >= 15 is 0 Å². The average molecular weight is 442 g/mol. The van der Waals surface area contributed by atoms with Crippen molar-refractivity contribution in [3.63, 3.8) is 0 Å². The number of hydrogen-bond acceptors (Lipinski definition) is 4. The van der Waals surface area contributed by atoms with Crippen molar-refractivity contribution in [1.29, 1.82) is 0 Å². The number of carbonyl (C=O) groups excluding carboxylic acids is 2. The second-order valence-corrected chi connectivity index (χ2v) is 7.75. The maximum atomic E-state index is 13.3. The number of rotatable bonds is 6. The van der Waals surface area contributed by atoms with Crippen LogP contribution in [0.1, 0.15) is 46.2 Å². The second-order valence-electron chi connectivity index (χ2n) is 7.34. The topological polar surface area (TPSA) is 73.2 Å². The van der Waals surface area contributed by atoms with E-state index in [9.17, 15) is 14.0 Å². The quantitative estimate of drug-likeness (QED) is 0.582. The second kappa shape index (κ2) is 8.89. The molecule has 3 aromatic rings. The van der Waals surface area contributed by atoms with Crippen molar-refractivity contribution in [2.45, 2.75) is 31.7 Å². The van der Waals surface area contributed by atoms with E-state index in [1.54, 1.807) is 41.1 Å². The molecule has 8 heteroatoms. The highest BCUT2D eigenvalue weighted by Crippen LogP contribution is 2.30. The molecule has 0 unspecified atom stereocenters. The summed E-state index contributed by atoms with van der Waals surface area (Å²) in [6, 6.07) is 12.4. The highest BCUT2D eigenvalue weighted by atomic mass is 35.5. The smallest absolute Gasteiger partial charge is 0.307 e. The van der Waals surface area contributed by atoms with Crippen molar-refractivity contribution in [2.75, 3.05) is 7.11 Å². The zero-order valence-corrected chi connectivity index (χ0v) is 17.7. The van der Waals surface area contributed by atoms with Gasteiger partial charge in [-0.25, -0.2) is 9.07 Å². The number of hydrogen-bond donors (Lipinski definition) is 1. The van der Waals surface area contributed by atoms with Gasteiger partial charge in [0.25, 0.3) is 5.91 Å². The van der Waals surface area contributed by atoms with Gasteiger partial charge >= 0.3 is 5.97 Å². The van der Waals surface area contributed by atoms with E-state index in [1.807, 2.05) is 0 Å². The van der Waals surface area contributed by atoms with Gasteiger partial charge in [0, 0.05) is 16.3 Å². The van der Waals surface area contributed by atoms with Crippen LogP contribution < -0.4 is 5.32 Å². The molecule has 2 aromatic carbocycles. The van der Waals surface area contributed by atoms with Crippen molar-refractivity contribution in [2.24, 2.45) is 0 Å². The summed E-state index contributed by atoms with van der Waals surface area (Å²) >= 11 is 6.31. The van der Waals surface area contributed by atoms with Gasteiger partial charge in [-0.05, 0) is 55.2 Å². The Morgan fingerprint density at radius 2 is 1.94 bits per heavy atom. The first-order valence-corrected chi connectivity index (χ1v) is 10.3. The van der Waals surface area contributed by atoms with Gasteiger partial charge in [-0.1, -0.05) is 29.8 Å². The van der Waals surface area contributed by atoms with Crippen molar-refractivity contribution in [3.05, 3.63) is 81.9 Å². The van der Waals surface area contributed by atoms with Crippen LogP contribution in [0.5, 0.6) is 0 Å². The van der Waals surface area contributed by atoms with Crippen LogP contribution in [0.15, 0.2) is 48.5 Å². The predicted octanol–water partition coefficient (Wildman–Crippen LogP) is 4.19. The number of aromatic nitrogens is 2. The molecule has 1 heterocycles. The average Bonchev–Trinajstić information content (AvgIpc) is 3.37. The van der Waals surface area contributed by atoms with Crippen LogP contribution in [-0.2, 0) is 22.4 Å². The van der Waals surface area contributed by atoms with Crippen LogP contribution in [0.2, 0.25) is 5.02 Å². The lowest BCUT2D eigenvalue weighted by Crippen LogP contribution is -2.31. The molecule has 31 heavy (non-hydrogen) atoms. The van der Waals surface area contributed by atoms with E-state index in [4.69, 9.17) is 16.3 Å². The SMILES string of the molecule is COC(=O)C[C@@H](NC(=O)c1nn(-c2ccc(F)cc2)c2c1CCC2)c1ccccc1Cl. The molecule has 6 nitrogen and oxygen atoms in total. The van der Waals surface area contributed by atoms with Crippen LogP contribution in [0.4, 0.5) is 4.39 Å². The first-order valence-electron chi connectivity index (χ1n) is 9.96. The molecule has 4 rings (SSSR count). The molecule has 0 saturated carbocycles. The maximum Gasteiger partial charge on any atom is 0.307 e. The van der Waals surface area contributed by atoms with Crippen molar-refractivity contribution in [3.8, 4) is 5.69 Å². The third-order valence-corrected chi connectivity index (χ3v) is 5.75. The maximum absolute atomic E-state index is 13.3. The Kier molecular flexibility index (Phi) is 6.04. The zero-order chi connectivity index (χ0) is 22.0. The summed E-state index contributed by atoms with van der Waals surface area (Å²) < 4.78 is 19.8. The van der Waals surface area contributed by atoms with E-state index < -0.39 is 17.9 Å². The standard InChI is InChI=1S/C23H21ClFN3O3/c1-31-21(29)13-19(16-5-2-3-7-18(16)24)26-23(30)22-17-6-4-8-20(17)28(27-22)15-11-9-14(25)10-12-15/h2-3,5,7,9-12,19H,4,6,8,13H2,1H3,(H,26,30)/t19-/m1/s1. The molecule has 0 saturated heterocycles. The number of benzene rings is 2. The number of carbonyl (C=O) groups is 2. The third kappa shape index (κ3) is 4.32. The molecule has 0 spiro atoms. The fraction of sp³-hybridized carbons (Fsp3) is 0.261. The van der Waals surface area contributed by atoms with Gasteiger partial charge in [-0.3, -0.25) is 9.59 Å². The molecule has 0 aliphatic heterocycles. The van der Waals surface area contributed by atoms with Gasteiger partial charge in [-0.15, -0.1) is 0 Å². The van der Waals surface area contributed by atoms with Gasteiger partial charge in [0.1, 0.15) is 5.82 Å². The molecule has 160 valence electrons. The Hall–Kier alpha value is -3.19. The Morgan fingerprint density at radius 1 is 1.19 bits per heavy atom. The van der Waals surface area contributed by atoms with Crippen molar-refractivity contribution in [1.82, 2.24) is 15.1 Å². The molecule has 1 atom stereocenters. The summed E-state index contributed by atoms with van der Waals surface area (Å²) in [5.41, 5.74) is 3.43. The van der Waals surface area contributed by atoms with Crippen molar-refractivity contribution >= 4 is 23.5 Å². The number of fused-ring (bicyclic) bond motifs is 1. The normalized spacial score (nSPS) is 13.5. The minimum absolute atomic E-state index is 0.0627. The monoisotopic (exact) mass is 441 g/mol. The van der Waals surface area contributed by atoms with E-state index in [0.29, 0.717) is 22.0 Å². The van der Waals surface area contributed by atoms with Gasteiger partial charge in [-0.2, -0.15) is 5.10 Å². The molecule has 1 amide bonds. The van der Waals surface area contributed by atoms with Crippen LogP contribution in [0.25, 0.3) is 5.69 Å². The predicted molar refractivity (Wildman–Crippen MR) is 114 cm³/mol. The fourth-order valence-corrected chi connectivity index (χ4v) is 4.16. The molecule has 1 aliphatic carbocycles. The number of methoxy groups -OCH3 is 1. The number of amides is 1. The summed E-state index contributed by atoms with van der Waals surface area (Å²) in [5, 5.41) is 7.88. The highest BCUT2D eigenvalue weighted by Gasteiger charge is 2.29. The summed E-state index contributed by atoms with van der Waals surface area (Å²) in [7, 11) is 1.30. The van der Waals surface area contributed by atoms with E-state index in [2.05, 4.69) is 10.4 Å². The summed E-state index contributed by atoms with van der Waals surface area (Å²) in [6.45, 7) is 0. The first kappa shape index (κ1) is 21.1. The molecular weight excluding hydrogens is 421 g/mol. The molecule has 0 bridgehead atoms. The molecule has 0 fully saturated rings. The van der Waals surface area contributed by atoms with Crippen LogP contribution in [-0.4, -0.2) is 28.8 Å². The van der Waals surface area contributed by atoms with E-state index in [-0.39, 0.29) is 12.2 Å². The largest absolute Gasteiger partial charge is 0.469 e. The van der Waals surface area contributed by atoms with Crippen molar-refractivity contribution < 1.29 is 18.7 Å². The summed E-state index contributed by atoms with van der Waals surface area (Å²) in [4.78, 5) is 25.2. The Labute approximate surface area is 184 Å². The lowest BCUT2D eigenvalue weighted by atomic mass is 10.0. The van der Waals surface area contributed by atoms with E-state index in [1.165, 1.54) is 19.2 Å². The summed E-state index contributed by atoms with van der Waals surface area (Å²) in [5.74, 6) is -1.20. The minimum atomic E-state index is -0.665. The van der Waals surface area contributed by atoms with E-state index in [0.717, 1.165) is 30.5 Å². The molecule has 1 N–H and O–H groups in total. The summed E-state index contributed by atoms with van der Waals surface area (Å²) in [6.07, 6.45) is 2.35. The van der Waals surface area contributed by atoms with Crippen LogP contribution in [0, 0.1) is 5.82 Å². The molecule has 1 aromatic heterocycles. The number of ether oxygens (including phenoxy) is 1. The number of nitrogens with one attached hydrogen (secondary N) is 1. The van der Waals surface area contributed by atoms with Gasteiger partial charge in [0.05, 0.1) is 25.3 Å². The number of nitrogens with zero attached hydrogens (tertiary/aromatic N) is 2. The lowest BCUT2D eigenvalue weighted by Gasteiger charge is -2.19. The minimum Gasteiger partial charge on any atom is -0.469 e. The fourth-order valence-electron chi connectivity index (χ4n) is 3.89. The van der Waals surface area contributed by atoms with Gasteiger partial charge < -0.3 is 10.1 Å². The zero-order valence-electron chi connectivity index (χ0n) is 16.9. The van der Waals surface area contributed by atoms with Gasteiger partial charge in [0.2, 0.25) is 0 Å².